The van der Waals surface area contributed by atoms with Gasteiger partial charge in [-0.25, -0.2) is 0 Å². The second kappa shape index (κ2) is 8.59. The second-order valence-electron chi connectivity index (χ2n) is 4.78. The van der Waals surface area contributed by atoms with E-state index in [1.54, 1.807) is 0 Å². The number of nitrogens with one attached hydrogen (secondary N) is 2. The van der Waals surface area contributed by atoms with E-state index in [9.17, 15) is 9.59 Å². The molecule has 0 heterocycles. The van der Waals surface area contributed by atoms with Gasteiger partial charge in [-0.2, -0.15) is 0 Å². The van der Waals surface area contributed by atoms with E-state index in [4.69, 9.17) is 11.6 Å². The fourth-order valence-electron chi connectivity index (χ4n) is 1.63. The van der Waals surface area contributed by atoms with Crippen molar-refractivity contribution in [2.24, 2.45) is 0 Å². The summed E-state index contributed by atoms with van der Waals surface area (Å²) in [6, 6.07) is 7.58. The lowest BCUT2D eigenvalue weighted by Crippen LogP contribution is -2.36. The maximum atomic E-state index is 11.6. The lowest BCUT2D eigenvalue weighted by Gasteiger charge is -2.11. The summed E-state index contributed by atoms with van der Waals surface area (Å²) in [4.78, 5) is 23.1. The van der Waals surface area contributed by atoms with E-state index < -0.39 is 0 Å². The average Bonchev–Trinajstić information content (AvgIpc) is 2.40. The van der Waals surface area contributed by atoms with Crippen LogP contribution in [-0.4, -0.2) is 24.4 Å². The lowest BCUT2D eigenvalue weighted by molar-refractivity contribution is -0.129. The maximum absolute atomic E-state index is 11.6. The van der Waals surface area contributed by atoms with Gasteiger partial charge in [0.05, 0.1) is 0 Å². The quantitative estimate of drug-likeness (QED) is 0.759. The Bertz CT molecular complexity index is 446. The number of hydrogen-bond acceptors (Lipinski definition) is 2. The molecular formula is C15H21ClN2O2. The molecule has 0 radical (unpaired) electrons. The second-order valence-corrected chi connectivity index (χ2v) is 5.22. The van der Waals surface area contributed by atoms with Gasteiger partial charge in [-0.3, -0.25) is 9.59 Å². The molecule has 0 spiro atoms. The Morgan fingerprint density at radius 3 is 2.45 bits per heavy atom. The van der Waals surface area contributed by atoms with Crippen molar-refractivity contribution in [3.63, 3.8) is 0 Å². The van der Waals surface area contributed by atoms with Gasteiger partial charge in [-0.15, -0.1) is 0 Å². The summed E-state index contributed by atoms with van der Waals surface area (Å²) in [5.41, 5.74) is 1.10. The Kier molecular flexibility index (Phi) is 7.09. The predicted octanol–water partition coefficient (Wildman–Crippen LogP) is 2.30. The van der Waals surface area contributed by atoms with E-state index in [1.807, 2.05) is 38.1 Å². The Morgan fingerprint density at radius 1 is 1.20 bits per heavy atom. The third-order valence-corrected chi connectivity index (χ3v) is 3.24. The van der Waals surface area contributed by atoms with Gasteiger partial charge in [0, 0.05) is 17.6 Å². The molecule has 0 aliphatic carbocycles. The number of halogens is 1. The largest absolute Gasteiger partial charge is 0.355 e. The lowest BCUT2D eigenvalue weighted by atomic mass is 10.1. The fourth-order valence-corrected chi connectivity index (χ4v) is 1.76. The van der Waals surface area contributed by atoms with Gasteiger partial charge < -0.3 is 10.6 Å². The van der Waals surface area contributed by atoms with Crippen molar-refractivity contribution >= 4 is 23.4 Å². The molecule has 0 bridgehead atoms. The summed E-state index contributed by atoms with van der Waals surface area (Å²) in [6.45, 7) is 4.41. The summed E-state index contributed by atoms with van der Waals surface area (Å²) in [7, 11) is 0. The predicted molar refractivity (Wildman–Crippen MR) is 80.7 cm³/mol. The van der Waals surface area contributed by atoms with Gasteiger partial charge in [0.25, 0.3) is 0 Å². The zero-order valence-corrected chi connectivity index (χ0v) is 12.7. The Balaban J connectivity index is 2.23. The molecule has 1 aromatic rings. The minimum atomic E-state index is -0.250. The first kappa shape index (κ1) is 16.5. The van der Waals surface area contributed by atoms with Crippen LogP contribution in [0.2, 0.25) is 5.02 Å². The van der Waals surface area contributed by atoms with E-state index in [0.717, 1.165) is 18.4 Å². The summed E-state index contributed by atoms with van der Waals surface area (Å²) in [5, 5.41) is 6.19. The molecule has 0 saturated heterocycles. The van der Waals surface area contributed by atoms with Gasteiger partial charge in [0.15, 0.2) is 0 Å². The highest BCUT2D eigenvalue weighted by atomic mass is 35.5. The molecule has 0 fully saturated rings. The van der Waals surface area contributed by atoms with Gasteiger partial charge in [-0.05, 0) is 37.5 Å². The van der Waals surface area contributed by atoms with Crippen LogP contribution in [0.1, 0.15) is 32.3 Å². The molecule has 1 atom stereocenters. The van der Waals surface area contributed by atoms with E-state index in [2.05, 4.69) is 10.6 Å². The van der Waals surface area contributed by atoms with Crippen molar-refractivity contribution < 1.29 is 9.59 Å². The molecular weight excluding hydrogens is 276 g/mol. The summed E-state index contributed by atoms with van der Waals surface area (Å²) < 4.78 is 0. The van der Waals surface area contributed by atoms with E-state index in [1.165, 1.54) is 0 Å². The van der Waals surface area contributed by atoms with E-state index in [-0.39, 0.29) is 24.3 Å². The van der Waals surface area contributed by atoms with Crippen molar-refractivity contribution in [1.82, 2.24) is 10.6 Å². The van der Waals surface area contributed by atoms with Crippen molar-refractivity contribution in [3.8, 4) is 0 Å². The monoisotopic (exact) mass is 296 g/mol. The Morgan fingerprint density at radius 2 is 1.85 bits per heavy atom. The molecule has 2 N–H and O–H groups in total. The zero-order valence-electron chi connectivity index (χ0n) is 11.9. The molecule has 2 amide bonds. The first-order valence-corrected chi connectivity index (χ1v) is 7.19. The Labute approximate surface area is 124 Å². The molecule has 0 aromatic heterocycles. The van der Waals surface area contributed by atoms with Gasteiger partial charge in [0.1, 0.15) is 6.42 Å². The Hall–Kier alpha value is -1.55. The highest BCUT2D eigenvalue weighted by Crippen LogP contribution is 2.09. The molecule has 20 heavy (non-hydrogen) atoms. The number of hydrogen-bond donors (Lipinski definition) is 2. The van der Waals surface area contributed by atoms with Crippen LogP contribution >= 0.6 is 11.6 Å². The van der Waals surface area contributed by atoms with Gasteiger partial charge >= 0.3 is 0 Å². The molecule has 1 unspecified atom stereocenters. The highest BCUT2D eigenvalue weighted by molar-refractivity contribution is 6.30. The molecule has 5 heteroatoms. The number of rotatable bonds is 7. The SMILES string of the molecule is CCC(C)NC(=O)CC(=O)NCCc1ccc(Cl)cc1. The number of amides is 2. The first-order chi connectivity index (χ1) is 9.51. The van der Waals surface area contributed by atoms with Crippen LogP contribution in [0, 0.1) is 0 Å². The first-order valence-electron chi connectivity index (χ1n) is 6.81. The molecule has 0 aliphatic heterocycles. The average molecular weight is 297 g/mol. The van der Waals surface area contributed by atoms with Crippen molar-refractivity contribution in [2.45, 2.75) is 39.2 Å². The third-order valence-electron chi connectivity index (χ3n) is 2.99. The third kappa shape index (κ3) is 6.57. The molecule has 0 saturated carbocycles. The van der Waals surface area contributed by atoms with Crippen molar-refractivity contribution in [2.75, 3.05) is 6.54 Å². The molecule has 1 aromatic carbocycles. The van der Waals surface area contributed by atoms with Crippen LogP contribution in [-0.2, 0) is 16.0 Å². The van der Waals surface area contributed by atoms with Crippen LogP contribution in [0.3, 0.4) is 0 Å². The van der Waals surface area contributed by atoms with Gasteiger partial charge in [-0.1, -0.05) is 30.7 Å². The molecule has 0 aliphatic rings. The van der Waals surface area contributed by atoms with Crippen LogP contribution in [0.4, 0.5) is 0 Å². The van der Waals surface area contributed by atoms with Crippen LogP contribution in [0.15, 0.2) is 24.3 Å². The van der Waals surface area contributed by atoms with Crippen molar-refractivity contribution in [3.05, 3.63) is 34.9 Å². The minimum Gasteiger partial charge on any atom is -0.355 e. The van der Waals surface area contributed by atoms with E-state index >= 15 is 0 Å². The highest BCUT2D eigenvalue weighted by Gasteiger charge is 2.10. The van der Waals surface area contributed by atoms with Crippen LogP contribution in [0.25, 0.3) is 0 Å². The topological polar surface area (TPSA) is 58.2 Å². The number of benzene rings is 1. The summed E-state index contributed by atoms with van der Waals surface area (Å²) in [6.07, 6.45) is 1.45. The number of carbonyl (C=O) groups is 2. The van der Waals surface area contributed by atoms with Gasteiger partial charge in [0.2, 0.25) is 11.8 Å². The summed E-state index contributed by atoms with van der Waals surface area (Å²) in [5.74, 6) is -0.483. The minimum absolute atomic E-state index is 0.101. The molecule has 110 valence electrons. The smallest absolute Gasteiger partial charge is 0.229 e. The summed E-state index contributed by atoms with van der Waals surface area (Å²) >= 11 is 5.79. The number of carbonyl (C=O) groups excluding carboxylic acids is 2. The normalized spacial score (nSPS) is 11.8. The molecule has 4 nitrogen and oxygen atoms in total. The van der Waals surface area contributed by atoms with E-state index in [0.29, 0.717) is 11.6 Å². The zero-order chi connectivity index (χ0) is 15.0. The van der Waals surface area contributed by atoms with Crippen LogP contribution in [0.5, 0.6) is 0 Å². The fraction of sp³-hybridized carbons (Fsp3) is 0.467. The standard InChI is InChI=1S/C15H21ClN2O2/c1-3-11(2)18-15(20)10-14(19)17-9-8-12-4-6-13(16)7-5-12/h4-7,11H,3,8-10H2,1-2H3,(H,17,19)(H,18,20). The maximum Gasteiger partial charge on any atom is 0.229 e. The van der Waals surface area contributed by atoms with Crippen molar-refractivity contribution in [1.29, 1.82) is 0 Å². The van der Waals surface area contributed by atoms with Crippen LogP contribution < -0.4 is 10.6 Å². The molecule has 1 rings (SSSR count).